The minimum absolute atomic E-state index is 0.659. The summed E-state index contributed by atoms with van der Waals surface area (Å²) in [6.07, 6.45) is 2.57. The van der Waals surface area contributed by atoms with Crippen LogP contribution in [0.1, 0.15) is 16.8 Å². The molecule has 0 saturated carbocycles. The molecule has 0 saturated heterocycles. The fourth-order valence-electron chi connectivity index (χ4n) is 4.34. The number of aromatic nitrogens is 5. The molecule has 0 aliphatic carbocycles. The van der Waals surface area contributed by atoms with Gasteiger partial charge < -0.3 is 18.8 Å². The van der Waals surface area contributed by atoms with Gasteiger partial charge in [0.1, 0.15) is 17.7 Å². The second kappa shape index (κ2) is 8.70. The summed E-state index contributed by atoms with van der Waals surface area (Å²) in [4.78, 5) is 9.63. The van der Waals surface area contributed by atoms with Crippen LogP contribution in [-0.4, -0.2) is 45.5 Å². The average molecular weight is 458 g/mol. The topological polar surface area (TPSA) is 75.7 Å². The second-order valence-electron chi connectivity index (χ2n) is 8.18. The van der Waals surface area contributed by atoms with Crippen LogP contribution in [0.5, 0.6) is 17.2 Å². The van der Waals surface area contributed by atoms with Gasteiger partial charge in [0, 0.05) is 17.8 Å². The largest absolute Gasteiger partial charge is 0.497 e. The molecule has 0 fully saturated rings. The molecule has 0 aliphatic heterocycles. The molecule has 8 nitrogen and oxygen atoms in total. The van der Waals surface area contributed by atoms with Gasteiger partial charge in [-0.25, -0.2) is 14.5 Å². The number of methoxy groups -OCH3 is 3. The first-order valence-corrected chi connectivity index (χ1v) is 11.1. The number of fused-ring (bicyclic) bond motifs is 3. The van der Waals surface area contributed by atoms with Gasteiger partial charge in [0.25, 0.3) is 0 Å². The highest BCUT2D eigenvalue weighted by Crippen LogP contribution is 2.30. The first-order valence-electron chi connectivity index (χ1n) is 11.1. The molecule has 0 atom stereocenters. The van der Waals surface area contributed by atoms with Crippen molar-refractivity contribution < 1.29 is 14.2 Å². The number of benzene rings is 2. The number of ether oxygens (including phenoxy) is 3. The van der Waals surface area contributed by atoms with Gasteiger partial charge in [-0.2, -0.15) is 0 Å². The molecule has 0 spiro atoms. The van der Waals surface area contributed by atoms with E-state index in [0.717, 1.165) is 58.0 Å². The molecular weight excluding hydrogens is 430 g/mol. The summed E-state index contributed by atoms with van der Waals surface area (Å²) < 4.78 is 20.1. The standard InChI is InChI=1S/C26H27N5O3/c1-16-17(2)30(13-12-18-6-11-21(33-4)22(14-18)34-5)25-23(16)26-28-24(29-31(26)15-27-25)19-7-9-20(32-3)10-8-19/h6-11,14-15H,12-13H2,1-5H3. The van der Waals surface area contributed by atoms with Crippen LogP contribution in [0.15, 0.2) is 48.8 Å². The lowest BCUT2D eigenvalue weighted by Crippen LogP contribution is -2.05. The van der Waals surface area contributed by atoms with Crippen molar-refractivity contribution in [1.29, 1.82) is 0 Å². The predicted octanol–water partition coefficient (Wildman–Crippen LogP) is 4.63. The molecule has 3 aromatic heterocycles. The van der Waals surface area contributed by atoms with Crippen LogP contribution >= 0.6 is 0 Å². The van der Waals surface area contributed by atoms with E-state index in [0.29, 0.717) is 5.82 Å². The van der Waals surface area contributed by atoms with Crippen LogP contribution in [-0.2, 0) is 13.0 Å². The highest BCUT2D eigenvalue weighted by atomic mass is 16.5. The summed E-state index contributed by atoms with van der Waals surface area (Å²) in [5, 5.41) is 5.69. The quantitative estimate of drug-likeness (QED) is 0.355. The van der Waals surface area contributed by atoms with Crippen LogP contribution in [0, 0.1) is 13.8 Å². The van der Waals surface area contributed by atoms with E-state index in [2.05, 4.69) is 29.6 Å². The molecule has 2 aromatic carbocycles. The van der Waals surface area contributed by atoms with Crippen LogP contribution in [0.25, 0.3) is 28.1 Å². The van der Waals surface area contributed by atoms with Crippen LogP contribution in [0.3, 0.4) is 0 Å². The van der Waals surface area contributed by atoms with Crippen molar-refractivity contribution >= 4 is 16.7 Å². The van der Waals surface area contributed by atoms with Crippen molar-refractivity contribution in [2.75, 3.05) is 21.3 Å². The lowest BCUT2D eigenvalue weighted by atomic mass is 10.1. The Kier molecular flexibility index (Phi) is 5.57. The SMILES string of the molecule is COc1ccc(-c2nc3c4c(C)c(C)n(CCc5ccc(OC)c(OC)c5)c4ncn3n2)cc1. The third-order valence-corrected chi connectivity index (χ3v) is 6.37. The summed E-state index contributed by atoms with van der Waals surface area (Å²) in [5.74, 6) is 2.93. The molecule has 5 rings (SSSR count). The summed E-state index contributed by atoms with van der Waals surface area (Å²) in [6.45, 7) is 5.03. The Balaban J connectivity index is 1.51. The first-order chi connectivity index (χ1) is 16.5. The normalized spacial score (nSPS) is 11.3. The number of aryl methyl sites for hydroxylation is 3. The maximum Gasteiger partial charge on any atom is 0.182 e. The van der Waals surface area contributed by atoms with E-state index in [-0.39, 0.29) is 0 Å². The van der Waals surface area contributed by atoms with E-state index in [1.165, 1.54) is 11.3 Å². The Labute approximate surface area is 197 Å². The zero-order valence-electron chi connectivity index (χ0n) is 20.0. The van der Waals surface area contributed by atoms with E-state index < -0.39 is 0 Å². The smallest absolute Gasteiger partial charge is 0.182 e. The Hall–Kier alpha value is -4.07. The molecule has 174 valence electrons. The average Bonchev–Trinajstić information content (AvgIpc) is 3.41. The highest BCUT2D eigenvalue weighted by molar-refractivity contribution is 5.94. The Morgan fingerprint density at radius 2 is 1.62 bits per heavy atom. The maximum atomic E-state index is 5.46. The zero-order chi connectivity index (χ0) is 23.8. The molecule has 5 aromatic rings. The fraction of sp³-hybridized carbons (Fsp3) is 0.269. The molecule has 0 unspecified atom stereocenters. The van der Waals surface area contributed by atoms with Gasteiger partial charge in [-0.05, 0) is 67.8 Å². The van der Waals surface area contributed by atoms with Gasteiger partial charge >= 0.3 is 0 Å². The van der Waals surface area contributed by atoms with Crippen LogP contribution in [0.2, 0.25) is 0 Å². The molecular formula is C26H27N5O3. The number of hydrogen-bond acceptors (Lipinski definition) is 6. The van der Waals surface area contributed by atoms with E-state index >= 15 is 0 Å². The highest BCUT2D eigenvalue weighted by Gasteiger charge is 2.18. The van der Waals surface area contributed by atoms with Crippen molar-refractivity contribution in [3.05, 3.63) is 65.6 Å². The lowest BCUT2D eigenvalue weighted by Gasteiger charge is -2.11. The van der Waals surface area contributed by atoms with Crippen molar-refractivity contribution in [3.8, 4) is 28.6 Å². The molecule has 0 radical (unpaired) electrons. The molecule has 0 bridgehead atoms. The molecule has 0 aliphatic rings. The Morgan fingerprint density at radius 1 is 0.853 bits per heavy atom. The molecule has 34 heavy (non-hydrogen) atoms. The summed E-state index contributed by atoms with van der Waals surface area (Å²) in [7, 11) is 4.95. The van der Waals surface area contributed by atoms with Gasteiger partial charge in [-0.15, -0.1) is 5.10 Å². The molecule has 8 heteroatoms. The zero-order valence-corrected chi connectivity index (χ0v) is 20.0. The Morgan fingerprint density at radius 3 is 2.32 bits per heavy atom. The predicted molar refractivity (Wildman–Crippen MR) is 131 cm³/mol. The van der Waals surface area contributed by atoms with Gasteiger partial charge in [0.05, 0.1) is 26.7 Å². The number of hydrogen-bond donors (Lipinski definition) is 0. The minimum atomic E-state index is 0.659. The van der Waals surface area contributed by atoms with Gasteiger partial charge in [0.15, 0.2) is 23.0 Å². The van der Waals surface area contributed by atoms with Gasteiger partial charge in [0.2, 0.25) is 0 Å². The van der Waals surface area contributed by atoms with E-state index in [9.17, 15) is 0 Å². The van der Waals surface area contributed by atoms with Crippen molar-refractivity contribution in [1.82, 2.24) is 24.1 Å². The molecule has 0 N–H and O–H groups in total. The second-order valence-corrected chi connectivity index (χ2v) is 8.18. The molecule has 0 amide bonds. The third kappa shape index (κ3) is 3.61. The minimum Gasteiger partial charge on any atom is -0.497 e. The van der Waals surface area contributed by atoms with Crippen molar-refractivity contribution in [3.63, 3.8) is 0 Å². The number of nitrogens with zero attached hydrogens (tertiary/aromatic N) is 5. The van der Waals surface area contributed by atoms with Gasteiger partial charge in [-0.1, -0.05) is 6.07 Å². The van der Waals surface area contributed by atoms with Crippen molar-refractivity contribution in [2.24, 2.45) is 0 Å². The van der Waals surface area contributed by atoms with Gasteiger partial charge in [-0.3, -0.25) is 0 Å². The fourth-order valence-corrected chi connectivity index (χ4v) is 4.34. The number of rotatable bonds is 7. The van der Waals surface area contributed by atoms with Crippen LogP contribution < -0.4 is 14.2 Å². The monoisotopic (exact) mass is 457 g/mol. The van der Waals surface area contributed by atoms with E-state index in [1.54, 1.807) is 32.2 Å². The summed E-state index contributed by atoms with van der Waals surface area (Å²) in [5.41, 5.74) is 6.15. The van der Waals surface area contributed by atoms with E-state index in [1.807, 2.05) is 36.4 Å². The molecule has 3 heterocycles. The van der Waals surface area contributed by atoms with Crippen molar-refractivity contribution in [2.45, 2.75) is 26.8 Å². The first kappa shape index (κ1) is 21.8. The Bertz CT molecular complexity index is 1480. The maximum absolute atomic E-state index is 5.46. The lowest BCUT2D eigenvalue weighted by molar-refractivity contribution is 0.354. The van der Waals surface area contributed by atoms with Crippen LogP contribution in [0.4, 0.5) is 0 Å². The van der Waals surface area contributed by atoms with E-state index in [4.69, 9.17) is 24.2 Å². The third-order valence-electron chi connectivity index (χ3n) is 6.37. The summed E-state index contributed by atoms with van der Waals surface area (Å²) in [6, 6.07) is 13.8. The summed E-state index contributed by atoms with van der Waals surface area (Å²) >= 11 is 0.